The third kappa shape index (κ3) is 4.49. The summed E-state index contributed by atoms with van der Waals surface area (Å²) >= 11 is 1.50. The van der Waals surface area contributed by atoms with Gasteiger partial charge in [0.05, 0.1) is 10.8 Å². The van der Waals surface area contributed by atoms with Gasteiger partial charge < -0.3 is 10.4 Å². The number of carbonyl (C=O) groups excluding carboxylic acids is 1. The Morgan fingerprint density at radius 2 is 2.17 bits per heavy atom. The van der Waals surface area contributed by atoms with Gasteiger partial charge in [-0.05, 0) is 31.4 Å². The molecule has 0 aliphatic heterocycles. The van der Waals surface area contributed by atoms with E-state index in [1.54, 1.807) is 6.92 Å². The predicted molar refractivity (Wildman–Crippen MR) is 72.1 cm³/mol. The minimum atomic E-state index is -0.785. The van der Waals surface area contributed by atoms with Gasteiger partial charge in [0, 0.05) is 11.4 Å². The third-order valence-electron chi connectivity index (χ3n) is 2.75. The number of thiophene rings is 1. The van der Waals surface area contributed by atoms with Crippen LogP contribution in [0.15, 0.2) is 12.1 Å². The summed E-state index contributed by atoms with van der Waals surface area (Å²) in [5, 5.41) is 11.5. The second kappa shape index (κ2) is 7.16. The largest absolute Gasteiger partial charge is 0.481 e. The van der Waals surface area contributed by atoms with Gasteiger partial charge >= 0.3 is 5.97 Å². The van der Waals surface area contributed by atoms with Crippen LogP contribution in [0.2, 0.25) is 0 Å². The van der Waals surface area contributed by atoms with E-state index >= 15 is 0 Å². The molecule has 1 aromatic rings. The Kier molecular flexibility index (Phi) is 5.85. The Morgan fingerprint density at radius 1 is 1.44 bits per heavy atom. The first-order chi connectivity index (χ1) is 8.54. The van der Waals surface area contributed by atoms with Crippen molar-refractivity contribution in [3.05, 3.63) is 21.9 Å². The van der Waals surface area contributed by atoms with E-state index in [1.807, 2.05) is 12.1 Å². The van der Waals surface area contributed by atoms with E-state index in [9.17, 15) is 9.59 Å². The molecule has 1 atom stereocenters. The summed E-state index contributed by atoms with van der Waals surface area (Å²) in [6.07, 6.45) is 2.21. The fraction of sp³-hybridized carbons (Fsp3) is 0.538. The standard InChI is InChI=1S/C13H19NO3S/c1-3-10-6-7-11(18-10)12(15)14-8-4-5-9(2)13(16)17/h6-7,9H,3-5,8H2,1-2H3,(H,14,15)(H,16,17). The zero-order chi connectivity index (χ0) is 13.5. The van der Waals surface area contributed by atoms with E-state index in [0.29, 0.717) is 19.4 Å². The second-order valence-electron chi connectivity index (χ2n) is 4.26. The molecule has 0 aromatic carbocycles. The number of carboxylic acids is 1. The van der Waals surface area contributed by atoms with Crippen molar-refractivity contribution in [1.82, 2.24) is 5.32 Å². The van der Waals surface area contributed by atoms with Gasteiger partial charge in [-0.1, -0.05) is 13.8 Å². The summed E-state index contributed by atoms with van der Waals surface area (Å²) < 4.78 is 0. The maximum absolute atomic E-state index is 11.7. The Hall–Kier alpha value is -1.36. The van der Waals surface area contributed by atoms with Crippen LogP contribution in [-0.4, -0.2) is 23.5 Å². The topological polar surface area (TPSA) is 66.4 Å². The smallest absolute Gasteiger partial charge is 0.306 e. The molecule has 1 amide bonds. The van der Waals surface area contributed by atoms with Gasteiger partial charge in [-0.3, -0.25) is 9.59 Å². The lowest BCUT2D eigenvalue weighted by atomic mass is 10.1. The SMILES string of the molecule is CCc1ccc(C(=O)NCCCC(C)C(=O)O)s1. The summed E-state index contributed by atoms with van der Waals surface area (Å²) in [6.45, 7) is 4.26. The lowest BCUT2D eigenvalue weighted by Crippen LogP contribution is -2.24. The highest BCUT2D eigenvalue weighted by molar-refractivity contribution is 7.14. The number of rotatable bonds is 7. The molecule has 1 rings (SSSR count). The zero-order valence-electron chi connectivity index (χ0n) is 10.7. The maximum Gasteiger partial charge on any atom is 0.306 e. The highest BCUT2D eigenvalue weighted by Crippen LogP contribution is 2.16. The summed E-state index contributed by atoms with van der Waals surface area (Å²) in [5.41, 5.74) is 0. The normalized spacial score (nSPS) is 12.1. The fourth-order valence-electron chi connectivity index (χ4n) is 1.51. The molecule has 1 heterocycles. The molecular formula is C13H19NO3S. The van der Waals surface area contributed by atoms with E-state index in [4.69, 9.17) is 5.11 Å². The zero-order valence-corrected chi connectivity index (χ0v) is 11.5. The number of hydrogen-bond donors (Lipinski definition) is 2. The van der Waals surface area contributed by atoms with Crippen LogP contribution in [0.25, 0.3) is 0 Å². The van der Waals surface area contributed by atoms with Crippen molar-refractivity contribution in [1.29, 1.82) is 0 Å². The van der Waals surface area contributed by atoms with Gasteiger partial charge in [0.1, 0.15) is 0 Å². The highest BCUT2D eigenvalue weighted by Gasteiger charge is 2.11. The average Bonchev–Trinajstić information content (AvgIpc) is 2.82. The van der Waals surface area contributed by atoms with Crippen molar-refractivity contribution >= 4 is 23.2 Å². The average molecular weight is 269 g/mol. The molecule has 0 aliphatic carbocycles. The van der Waals surface area contributed by atoms with Crippen molar-refractivity contribution in [2.24, 2.45) is 5.92 Å². The first-order valence-corrected chi connectivity index (χ1v) is 6.96. The van der Waals surface area contributed by atoms with E-state index in [0.717, 1.165) is 11.3 Å². The van der Waals surface area contributed by atoms with Crippen molar-refractivity contribution in [2.75, 3.05) is 6.54 Å². The molecule has 18 heavy (non-hydrogen) atoms. The van der Waals surface area contributed by atoms with Crippen LogP contribution >= 0.6 is 11.3 Å². The summed E-state index contributed by atoms with van der Waals surface area (Å²) in [4.78, 5) is 24.2. The number of hydrogen-bond acceptors (Lipinski definition) is 3. The lowest BCUT2D eigenvalue weighted by molar-refractivity contribution is -0.141. The predicted octanol–water partition coefficient (Wildman–Crippen LogP) is 2.54. The summed E-state index contributed by atoms with van der Waals surface area (Å²) in [7, 11) is 0. The number of aliphatic carboxylic acids is 1. The van der Waals surface area contributed by atoms with E-state index in [1.165, 1.54) is 16.2 Å². The van der Waals surface area contributed by atoms with Crippen LogP contribution < -0.4 is 5.32 Å². The fourth-order valence-corrected chi connectivity index (χ4v) is 2.37. The molecule has 0 aliphatic rings. The quantitative estimate of drug-likeness (QED) is 0.747. The molecule has 0 radical (unpaired) electrons. The monoisotopic (exact) mass is 269 g/mol. The minimum absolute atomic E-state index is 0.0670. The van der Waals surface area contributed by atoms with Crippen LogP contribution in [0.1, 0.15) is 41.2 Å². The van der Waals surface area contributed by atoms with Crippen LogP contribution in [0.5, 0.6) is 0 Å². The van der Waals surface area contributed by atoms with Gasteiger partial charge in [-0.25, -0.2) is 0 Å². The second-order valence-corrected chi connectivity index (χ2v) is 5.43. The van der Waals surface area contributed by atoms with Crippen LogP contribution in [-0.2, 0) is 11.2 Å². The minimum Gasteiger partial charge on any atom is -0.481 e. The number of amides is 1. The number of carbonyl (C=O) groups is 2. The number of nitrogens with one attached hydrogen (secondary N) is 1. The van der Waals surface area contributed by atoms with E-state index in [2.05, 4.69) is 12.2 Å². The first-order valence-electron chi connectivity index (χ1n) is 6.14. The molecule has 0 fully saturated rings. The van der Waals surface area contributed by atoms with Crippen LogP contribution in [0.3, 0.4) is 0 Å². The van der Waals surface area contributed by atoms with Gasteiger partial charge in [0.15, 0.2) is 0 Å². The Labute approximate surface area is 111 Å². The van der Waals surface area contributed by atoms with Crippen LogP contribution in [0.4, 0.5) is 0 Å². The van der Waals surface area contributed by atoms with Gasteiger partial charge in [0.25, 0.3) is 5.91 Å². The third-order valence-corrected chi connectivity index (χ3v) is 3.98. The van der Waals surface area contributed by atoms with Crippen LogP contribution in [0, 0.1) is 5.92 Å². The Bertz CT molecular complexity index is 414. The Balaban J connectivity index is 2.27. The molecule has 2 N–H and O–H groups in total. The van der Waals surface area contributed by atoms with Crippen molar-refractivity contribution in [3.63, 3.8) is 0 Å². The number of aryl methyl sites for hydroxylation is 1. The lowest BCUT2D eigenvalue weighted by Gasteiger charge is -2.06. The molecule has 5 heteroatoms. The molecule has 0 saturated carbocycles. The summed E-state index contributed by atoms with van der Waals surface area (Å²) in [5.74, 6) is -1.20. The molecule has 1 aromatic heterocycles. The molecule has 0 saturated heterocycles. The molecule has 4 nitrogen and oxygen atoms in total. The molecular weight excluding hydrogens is 250 g/mol. The molecule has 0 bridgehead atoms. The molecule has 100 valence electrons. The molecule has 1 unspecified atom stereocenters. The Morgan fingerprint density at radius 3 is 2.72 bits per heavy atom. The van der Waals surface area contributed by atoms with Crippen molar-refractivity contribution < 1.29 is 14.7 Å². The van der Waals surface area contributed by atoms with E-state index < -0.39 is 5.97 Å². The number of carboxylic acid groups (broad SMARTS) is 1. The van der Waals surface area contributed by atoms with Gasteiger partial charge in [-0.2, -0.15) is 0 Å². The molecule has 0 spiro atoms. The summed E-state index contributed by atoms with van der Waals surface area (Å²) in [6, 6.07) is 3.80. The van der Waals surface area contributed by atoms with Gasteiger partial charge in [-0.15, -0.1) is 11.3 Å². The van der Waals surface area contributed by atoms with E-state index in [-0.39, 0.29) is 11.8 Å². The maximum atomic E-state index is 11.7. The van der Waals surface area contributed by atoms with Gasteiger partial charge in [0.2, 0.25) is 0 Å². The highest BCUT2D eigenvalue weighted by atomic mass is 32.1. The van der Waals surface area contributed by atoms with Crippen molar-refractivity contribution in [2.45, 2.75) is 33.1 Å². The first kappa shape index (κ1) is 14.7. The van der Waals surface area contributed by atoms with Crippen molar-refractivity contribution in [3.8, 4) is 0 Å².